The Morgan fingerprint density at radius 2 is 1.58 bits per heavy atom. The molecule has 0 radical (unpaired) electrons. The van der Waals surface area contributed by atoms with E-state index in [1.54, 1.807) is 12.3 Å². The molecule has 170 valence electrons. The number of fused-ring (bicyclic) bond motifs is 1. The smallest absolute Gasteiger partial charge is 0.343 e. The summed E-state index contributed by atoms with van der Waals surface area (Å²) in [4.78, 5) is 11.3. The fourth-order valence-corrected chi connectivity index (χ4v) is 3.55. The minimum atomic E-state index is -0.452. The molecule has 0 spiro atoms. The molecule has 0 aliphatic heterocycles. The first-order valence-corrected chi connectivity index (χ1v) is 10.7. The van der Waals surface area contributed by atoms with E-state index in [2.05, 4.69) is 29.0 Å². The van der Waals surface area contributed by atoms with Crippen LogP contribution in [-0.2, 0) is 25.6 Å². The number of hydrogen-bond donors (Lipinski definition) is 0. The highest BCUT2D eigenvalue weighted by molar-refractivity contribution is 5.86. The zero-order valence-corrected chi connectivity index (χ0v) is 18.4. The quantitative estimate of drug-likeness (QED) is 0.230. The Balaban J connectivity index is 1.33. The van der Waals surface area contributed by atoms with Gasteiger partial charge in [-0.25, -0.2) is 4.79 Å². The SMILES string of the molecule is COC(=O)COc1cccc2c(COCCOC(c3ccccc3)c3ccccc3)coc12. The Hall–Kier alpha value is -3.61. The van der Waals surface area contributed by atoms with Crippen molar-refractivity contribution in [1.29, 1.82) is 0 Å². The number of carbonyl (C=O) groups is 1. The molecule has 1 aromatic heterocycles. The molecular weight excluding hydrogens is 420 g/mol. The average molecular weight is 446 g/mol. The summed E-state index contributed by atoms with van der Waals surface area (Å²) in [5.41, 5.74) is 3.67. The number of methoxy groups -OCH3 is 1. The van der Waals surface area contributed by atoms with Crippen LogP contribution in [0.2, 0.25) is 0 Å². The second-order valence-electron chi connectivity index (χ2n) is 7.38. The van der Waals surface area contributed by atoms with Crippen LogP contribution >= 0.6 is 0 Å². The Morgan fingerprint density at radius 1 is 0.879 bits per heavy atom. The van der Waals surface area contributed by atoms with Crippen molar-refractivity contribution in [3.8, 4) is 5.75 Å². The number of esters is 1. The van der Waals surface area contributed by atoms with E-state index in [0.29, 0.717) is 31.2 Å². The Bertz CT molecular complexity index is 1110. The summed E-state index contributed by atoms with van der Waals surface area (Å²) in [7, 11) is 1.32. The Kier molecular flexibility index (Phi) is 7.74. The molecule has 4 rings (SSSR count). The predicted octanol–water partition coefficient (Wildman–Crippen LogP) is 5.31. The summed E-state index contributed by atoms with van der Waals surface area (Å²) in [6.45, 7) is 1.07. The Labute approximate surface area is 192 Å². The van der Waals surface area contributed by atoms with Gasteiger partial charge in [0.2, 0.25) is 0 Å². The van der Waals surface area contributed by atoms with E-state index >= 15 is 0 Å². The van der Waals surface area contributed by atoms with Crippen molar-refractivity contribution in [2.75, 3.05) is 26.9 Å². The van der Waals surface area contributed by atoms with Crippen molar-refractivity contribution in [3.05, 3.63) is 102 Å². The molecule has 0 fully saturated rings. The monoisotopic (exact) mass is 446 g/mol. The third kappa shape index (κ3) is 5.80. The topological polar surface area (TPSA) is 67.1 Å². The first kappa shape index (κ1) is 22.6. The van der Waals surface area contributed by atoms with E-state index in [1.807, 2.05) is 48.5 Å². The van der Waals surface area contributed by atoms with Crippen LogP contribution in [0, 0.1) is 0 Å². The third-order valence-corrected chi connectivity index (χ3v) is 5.19. The predicted molar refractivity (Wildman–Crippen MR) is 124 cm³/mol. The van der Waals surface area contributed by atoms with Gasteiger partial charge in [-0.2, -0.15) is 0 Å². The number of rotatable bonds is 11. The van der Waals surface area contributed by atoms with E-state index in [-0.39, 0.29) is 12.7 Å². The van der Waals surface area contributed by atoms with Crippen molar-refractivity contribution in [3.63, 3.8) is 0 Å². The molecule has 6 nitrogen and oxygen atoms in total. The van der Waals surface area contributed by atoms with Gasteiger partial charge in [-0.3, -0.25) is 0 Å². The van der Waals surface area contributed by atoms with E-state index in [1.165, 1.54) is 7.11 Å². The van der Waals surface area contributed by atoms with Gasteiger partial charge in [0.15, 0.2) is 17.9 Å². The highest BCUT2D eigenvalue weighted by atomic mass is 16.6. The first-order chi connectivity index (χ1) is 16.3. The van der Waals surface area contributed by atoms with Crippen LogP contribution in [0.25, 0.3) is 11.0 Å². The molecule has 0 saturated carbocycles. The van der Waals surface area contributed by atoms with Crippen LogP contribution in [-0.4, -0.2) is 32.9 Å². The molecule has 0 saturated heterocycles. The molecule has 33 heavy (non-hydrogen) atoms. The summed E-state index contributed by atoms with van der Waals surface area (Å²) in [5, 5.41) is 0.879. The minimum Gasteiger partial charge on any atom is -0.478 e. The summed E-state index contributed by atoms with van der Waals surface area (Å²) in [6, 6.07) is 25.8. The second-order valence-corrected chi connectivity index (χ2v) is 7.38. The normalized spacial score (nSPS) is 11.1. The van der Waals surface area contributed by atoms with Gasteiger partial charge in [-0.05, 0) is 17.2 Å². The highest BCUT2D eigenvalue weighted by Crippen LogP contribution is 2.30. The van der Waals surface area contributed by atoms with E-state index in [0.717, 1.165) is 22.1 Å². The lowest BCUT2D eigenvalue weighted by Crippen LogP contribution is -2.12. The maximum absolute atomic E-state index is 11.3. The van der Waals surface area contributed by atoms with Crippen molar-refractivity contribution in [1.82, 2.24) is 0 Å². The lowest BCUT2D eigenvalue weighted by Gasteiger charge is -2.19. The van der Waals surface area contributed by atoms with Gasteiger partial charge in [0, 0.05) is 10.9 Å². The average Bonchev–Trinajstić information content (AvgIpc) is 3.29. The summed E-state index contributed by atoms with van der Waals surface area (Å²) in [6.07, 6.45) is 1.49. The number of benzene rings is 3. The molecule has 0 aliphatic carbocycles. The van der Waals surface area contributed by atoms with Crippen LogP contribution in [0.4, 0.5) is 0 Å². The van der Waals surface area contributed by atoms with Crippen LogP contribution in [0.3, 0.4) is 0 Å². The van der Waals surface area contributed by atoms with E-state index in [9.17, 15) is 4.79 Å². The van der Waals surface area contributed by atoms with Crippen LogP contribution < -0.4 is 4.74 Å². The third-order valence-electron chi connectivity index (χ3n) is 5.19. The van der Waals surface area contributed by atoms with E-state index in [4.69, 9.17) is 18.6 Å². The molecule has 0 atom stereocenters. The van der Waals surface area contributed by atoms with Crippen molar-refractivity contribution in [2.45, 2.75) is 12.7 Å². The first-order valence-electron chi connectivity index (χ1n) is 10.7. The number of carbonyl (C=O) groups excluding carboxylic acids is 1. The second kappa shape index (κ2) is 11.3. The molecule has 0 N–H and O–H groups in total. The zero-order valence-electron chi connectivity index (χ0n) is 18.4. The fraction of sp³-hybridized carbons (Fsp3) is 0.222. The van der Waals surface area contributed by atoms with Crippen molar-refractivity contribution in [2.24, 2.45) is 0 Å². The number of furan rings is 1. The van der Waals surface area contributed by atoms with Gasteiger partial charge in [-0.15, -0.1) is 0 Å². The highest BCUT2D eigenvalue weighted by Gasteiger charge is 2.15. The largest absolute Gasteiger partial charge is 0.478 e. The van der Waals surface area contributed by atoms with E-state index < -0.39 is 5.97 Å². The molecule has 0 unspecified atom stereocenters. The van der Waals surface area contributed by atoms with Crippen molar-refractivity contribution < 1.29 is 28.2 Å². The summed E-state index contributed by atoms with van der Waals surface area (Å²) >= 11 is 0. The molecular formula is C27H26O6. The maximum atomic E-state index is 11.3. The van der Waals surface area contributed by atoms with Gasteiger partial charge >= 0.3 is 5.97 Å². The standard InChI is InChI=1S/C27H26O6/c1-29-25(28)19-32-24-14-8-13-23-22(18-33-27(23)24)17-30-15-16-31-26(20-9-4-2-5-10-20)21-11-6-3-7-12-21/h2-14,18,26H,15-17,19H2,1H3. The fourth-order valence-electron chi connectivity index (χ4n) is 3.55. The molecule has 3 aromatic carbocycles. The zero-order chi connectivity index (χ0) is 22.9. The van der Waals surface area contributed by atoms with Gasteiger partial charge in [0.25, 0.3) is 0 Å². The molecule has 0 bridgehead atoms. The summed E-state index contributed by atoms with van der Waals surface area (Å²) in [5.74, 6) is 0.0347. The molecule has 4 aromatic rings. The minimum absolute atomic E-state index is 0.153. The number of hydrogen-bond acceptors (Lipinski definition) is 6. The van der Waals surface area contributed by atoms with Gasteiger partial charge in [0.05, 0.1) is 33.2 Å². The van der Waals surface area contributed by atoms with Crippen molar-refractivity contribution >= 4 is 16.9 Å². The molecule has 1 heterocycles. The van der Waals surface area contributed by atoms with Gasteiger partial charge < -0.3 is 23.4 Å². The van der Waals surface area contributed by atoms with Gasteiger partial charge in [0.1, 0.15) is 6.10 Å². The molecule has 0 amide bonds. The maximum Gasteiger partial charge on any atom is 0.343 e. The van der Waals surface area contributed by atoms with Crippen LogP contribution in [0.15, 0.2) is 89.5 Å². The number of para-hydroxylation sites is 1. The van der Waals surface area contributed by atoms with Crippen LogP contribution in [0.1, 0.15) is 22.8 Å². The molecule has 6 heteroatoms. The lowest BCUT2D eigenvalue weighted by molar-refractivity contribution is -0.142. The lowest BCUT2D eigenvalue weighted by atomic mass is 10.0. The van der Waals surface area contributed by atoms with Gasteiger partial charge in [-0.1, -0.05) is 72.8 Å². The van der Waals surface area contributed by atoms with Crippen LogP contribution in [0.5, 0.6) is 5.75 Å². The Morgan fingerprint density at radius 3 is 2.24 bits per heavy atom. The number of ether oxygens (including phenoxy) is 4. The molecule has 0 aliphatic rings. The summed E-state index contributed by atoms with van der Waals surface area (Å²) < 4.78 is 27.8.